The van der Waals surface area contributed by atoms with E-state index in [1.807, 2.05) is 6.08 Å². The van der Waals surface area contributed by atoms with Crippen molar-refractivity contribution < 1.29 is 24.5 Å². The maximum absolute atomic E-state index is 12.4. The van der Waals surface area contributed by atoms with Crippen LogP contribution in [0, 0.1) is 0 Å². The molecule has 378 valence electrons. The van der Waals surface area contributed by atoms with Crippen molar-refractivity contribution in [3.63, 3.8) is 0 Å². The van der Waals surface area contributed by atoms with Crippen molar-refractivity contribution in [1.82, 2.24) is 5.32 Å². The van der Waals surface area contributed by atoms with Gasteiger partial charge in [0.1, 0.15) is 0 Å². The van der Waals surface area contributed by atoms with Gasteiger partial charge >= 0.3 is 5.97 Å². The third-order valence-corrected chi connectivity index (χ3v) is 13.2. The standard InChI is InChI=1S/C58H111NO5/c1-3-5-7-9-11-13-14-32-36-40-44-48-52-58(63)64-53-49-45-41-37-33-30-28-26-24-22-20-18-16-15-17-19-21-23-25-27-29-31-35-39-43-47-51-57(62)59-55(54-60)56(61)50-46-42-38-34-12-10-8-6-4-2/h15,17,46,50,55-56,60-61H,3-14,16,18-45,47-49,51-54H2,1-2H3,(H,59,62)/b17-15-,50-46+. The number of esters is 1. The van der Waals surface area contributed by atoms with E-state index in [2.05, 4.69) is 31.3 Å². The molecule has 0 saturated carbocycles. The molecule has 0 heterocycles. The molecule has 0 aromatic rings. The number of allylic oxidation sites excluding steroid dienone is 3. The van der Waals surface area contributed by atoms with Gasteiger partial charge in [-0.25, -0.2) is 0 Å². The van der Waals surface area contributed by atoms with Gasteiger partial charge in [0.2, 0.25) is 5.91 Å². The highest BCUT2D eigenvalue weighted by Gasteiger charge is 2.18. The first-order chi connectivity index (χ1) is 31.5. The van der Waals surface area contributed by atoms with Gasteiger partial charge in [0.25, 0.3) is 0 Å². The van der Waals surface area contributed by atoms with E-state index >= 15 is 0 Å². The van der Waals surface area contributed by atoms with Gasteiger partial charge in [0.15, 0.2) is 0 Å². The third-order valence-electron chi connectivity index (χ3n) is 13.2. The number of hydrogen-bond acceptors (Lipinski definition) is 5. The largest absolute Gasteiger partial charge is 0.466 e. The molecule has 0 bridgehead atoms. The van der Waals surface area contributed by atoms with Crippen LogP contribution in [0.2, 0.25) is 0 Å². The second-order valence-corrected chi connectivity index (χ2v) is 19.6. The fourth-order valence-electron chi connectivity index (χ4n) is 8.81. The van der Waals surface area contributed by atoms with Gasteiger partial charge in [-0.3, -0.25) is 9.59 Å². The summed E-state index contributed by atoms with van der Waals surface area (Å²) in [5, 5.41) is 22.9. The zero-order chi connectivity index (χ0) is 46.5. The molecule has 64 heavy (non-hydrogen) atoms. The van der Waals surface area contributed by atoms with Crippen molar-refractivity contribution in [2.75, 3.05) is 13.2 Å². The molecular formula is C58H111NO5. The third kappa shape index (κ3) is 49.8. The van der Waals surface area contributed by atoms with Gasteiger partial charge in [-0.05, 0) is 57.8 Å². The zero-order valence-corrected chi connectivity index (χ0v) is 43.0. The van der Waals surface area contributed by atoms with Crippen LogP contribution >= 0.6 is 0 Å². The topological polar surface area (TPSA) is 95.9 Å². The van der Waals surface area contributed by atoms with E-state index in [-0.39, 0.29) is 18.5 Å². The molecule has 2 unspecified atom stereocenters. The summed E-state index contributed by atoms with van der Waals surface area (Å²) in [6.07, 6.45) is 65.0. The molecule has 0 aromatic carbocycles. The number of unbranched alkanes of at least 4 members (excludes halogenated alkanes) is 40. The van der Waals surface area contributed by atoms with E-state index in [4.69, 9.17) is 4.74 Å². The highest BCUT2D eigenvalue weighted by atomic mass is 16.5. The lowest BCUT2D eigenvalue weighted by Crippen LogP contribution is -2.45. The number of aliphatic hydroxyl groups is 2. The molecule has 6 nitrogen and oxygen atoms in total. The molecule has 0 spiro atoms. The number of carbonyl (C=O) groups is 2. The molecule has 0 aromatic heterocycles. The number of rotatable bonds is 53. The minimum Gasteiger partial charge on any atom is -0.466 e. The van der Waals surface area contributed by atoms with Crippen molar-refractivity contribution >= 4 is 11.9 Å². The van der Waals surface area contributed by atoms with Gasteiger partial charge in [-0.1, -0.05) is 263 Å². The molecule has 0 rings (SSSR count). The summed E-state index contributed by atoms with van der Waals surface area (Å²) in [4.78, 5) is 24.4. The first-order valence-electron chi connectivity index (χ1n) is 28.6. The second-order valence-electron chi connectivity index (χ2n) is 19.6. The molecule has 0 fully saturated rings. The number of nitrogens with one attached hydrogen (secondary N) is 1. The van der Waals surface area contributed by atoms with Gasteiger partial charge in [-0.2, -0.15) is 0 Å². The summed E-state index contributed by atoms with van der Waals surface area (Å²) < 4.78 is 5.47. The molecule has 0 aliphatic carbocycles. The number of hydrogen-bond donors (Lipinski definition) is 3. The lowest BCUT2D eigenvalue weighted by Gasteiger charge is -2.20. The smallest absolute Gasteiger partial charge is 0.305 e. The molecule has 3 N–H and O–H groups in total. The van der Waals surface area contributed by atoms with E-state index in [1.165, 1.54) is 244 Å². The summed E-state index contributed by atoms with van der Waals surface area (Å²) in [5.41, 5.74) is 0. The van der Waals surface area contributed by atoms with Crippen LogP contribution in [0.4, 0.5) is 0 Å². The number of ether oxygens (including phenoxy) is 1. The fourth-order valence-corrected chi connectivity index (χ4v) is 8.81. The second kappa shape index (κ2) is 54.0. The van der Waals surface area contributed by atoms with E-state index in [0.29, 0.717) is 19.4 Å². The Morgan fingerprint density at radius 2 is 0.734 bits per heavy atom. The highest BCUT2D eigenvalue weighted by molar-refractivity contribution is 5.76. The summed E-state index contributed by atoms with van der Waals surface area (Å²) in [6.45, 7) is 4.88. The van der Waals surface area contributed by atoms with Gasteiger partial charge < -0.3 is 20.3 Å². The Kier molecular flexibility index (Phi) is 52.6. The van der Waals surface area contributed by atoms with Crippen LogP contribution in [-0.4, -0.2) is 47.4 Å². The van der Waals surface area contributed by atoms with E-state index in [9.17, 15) is 19.8 Å². The highest BCUT2D eigenvalue weighted by Crippen LogP contribution is 2.16. The van der Waals surface area contributed by atoms with Gasteiger partial charge in [-0.15, -0.1) is 0 Å². The van der Waals surface area contributed by atoms with E-state index in [1.54, 1.807) is 6.08 Å². The van der Waals surface area contributed by atoms with Crippen molar-refractivity contribution in [3.8, 4) is 0 Å². The Balaban J connectivity index is 3.37. The minimum atomic E-state index is -0.842. The molecule has 0 radical (unpaired) electrons. The van der Waals surface area contributed by atoms with Crippen molar-refractivity contribution in [3.05, 3.63) is 24.3 Å². The fraction of sp³-hybridized carbons (Fsp3) is 0.897. The Labute approximate surface area is 399 Å². The molecule has 1 amide bonds. The lowest BCUT2D eigenvalue weighted by molar-refractivity contribution is -0.143. The summed E-state index contributed by atoms with van der Waals surface area (Å²) in [5.74, 6) is -0.0578. The number of carbonyl (C=O) groups excluding carboxylic acids is 2. The Morgan fingerprint density at radius 3 is 1.11 bits per heavy atom. The van der Waals surface area contributed by atoms with Crippen LogP contribution in [0.1, 0.15) is 309 Å². The van der Waals surface area contributed by atoms with Crippen LogP contribution < -0.4 is 5.32 Å². The normalized spacial score (nSPS) is 12.8. The van der Waals surface area contributed by atoms with E-state index < -0.39 is 12.1 Å². The van der Waals surface area contributed by atoms with Crippen LogP contribution in [0.25, 0.3) is 0 Å². The van der Waals surface area contributed by atoms with Crippen molar-refractivity contribution in [1.29, 1.82) is 0 Å². The Bertz CT molecular complexity index is 997. The number of aliphatic hydroxyl groups excluding tert-OH is 2. The van der Waals surface area contributed by atoms with Crippen LogP contribution in [-0.2, 0) is 14.3 Å². The lowest BCUT2D eigenvalue weighted by atomic mass is 10.0. The van der Waals surface area contributed by atoms with Gasteiger partial charge in [0, 0.05) is 12.8 Å². The van der Waals surface area contributed by atoms with Crippen molar-refractivity contribution in [2.45, 2.75) is 321 Å². The number of amides is 1. The quantitative estimate of drug-likeness (QED) is 0.0321. The summed E-state index contributed by atoms with van der Waals surface area (Å²) >= 11 is 0. The maximum Gasteiger partial charge on any atom is 0.305 e. The molecule has 0 saturated heterocycles. The first kappa shape index (κ1) is 62.3. The average molecular weight is 903 g/mol. The van der Waals surface area contributed by atoms with Gasteiger partial charge in [0.05, 0.1) is 25.4 Å². The average Bonchev–Trinajstić information content (AvgIpc) is 3.29. The van der Waals surface area contributed by atoms with Crippen molar-refractivity contribution in [2.24, 2.45) is 0 Å². The molecule has 0 aliphatic heterocycles. The monoisotopic (exact) mass is 902 g/mol. The van der Waals surface area contributed by atoms with Crippen LogP contribution in [0.3, 0.4) is 0 Å². The predicted octanol–water partition coefficient (Wildman–Crippen LogP) is 17.5. The molecule has 6 heteroatoms. The maximum atomic E-state index is 12.4. The van der Waals surface area contributed by atoms with E-state index in [0.717, 1.165) is 38.5 Å². The SMILES string of the molecule is CCCCCCCCC/C=C/C(O)C(CO)NC(=O)CCCCCCCCCCCC/C=C\CCCCCCCCCCCCCCOC(=O)CCCCCCCCCCCCCC. The summed E-state index contributed by atoms with van der Waals surface area (Å²) in [6, 6.07) is -0.626. The molecule has 2 atom stereocenters. The molecular weight excluding hydrogens is 791 g/mol. The summed E-state index contributed by atoms with van der Waals surface area (Å²) in [7, 11) is 0. The Morgan fingerprint density at radius 1 is 0.422 bits per heavy atom. The Hall–Kier alpha value is -1.66. The minimum absolute atomic E-state index is 0.0144. The molecule has 0 aliphatic rings. The van der Waals surface area contributed by atoms with Crippen LogP contribution in [0.5, 0.6) is 0 Å². The zero-order valence-electron chi connectivity index (χ0n) is 43.0. The van der Waals surface area contributed by atoms with Crippen LogP contribution in [0.15, 0.2) is 24.3 Å². The first-order valence-corrected chi connectivity index (χ1v) is 28.6. The predicted molar refractivity (Wildman–Crippen MR) is 278 cm³/mol.